The van der Waals surface area contributed by atoms with E-state index in [1.54, 1.807) is 18.1 Å². The molecule has 1 aromatic heterocycles. The van der Waals surface area contributed by atoms with E-state index in [1.165, 1.54) is 0 Å². The summed E-state index contributed by atoms with van der Waals surface area (Å²) in [6.07, 6.45) is 3.52. The standard InChI is InChI=1S/C13H17ClN4O2/c1-17-7-9-6-15-13(14)16-12(9)18(8-11(17)19)10-2-4-20-5-3-10/h6,10H,2-5,7-8H2,1H3. The van der Waals surface area contributed by atoms with E-state index in [1.807, 2.05) is 0 Å². The van der Waals surface area contributed by atoms with Crippen molar-refractivity contribution in [1.82, 2.24) is 14.9 Å². The number of halogens is 1. The summed E-state index contributed by atoms with van der Waals surface area (Å²) in [5, 5.41) is 0.220. The van der Waals surface area contributed by atoms with Crippen LogP contribution in [0.5, 0.6) is 0 Å². The SMILES string of the molecule is CN1Cc2cnc(Cl)nc2N(C2CCOCC2)CC1=O. The fraction of sp³-hybridized carbons (Fsp3) is 0.615. The minimum Gasteiger partial charge on any atom is -0.381 e. The highest BCUT2D eigenvalue weighted by atomic mass is 35.5. The van der Waals surface area contributed by atoms with Gasteiger partial charge in [0.2, 0.25) is 11.2 Å². The van der Waals surface area contributed by atoms with Crippen molar-refractivity contribution in [3.05, 3.63) is 17.0 Å². The second kappa shape index (κ2) is 5.54. The number of amides is 1. The zero-order valence-electron chi connectivity index (χ0n) is 11.4. The van der Waals surface area contributed by atoms with Crippen LogP contribution in [0.25, 0.3) is 0 Å². The van der Waals surface area contributed by atoms with E-state index >= 15 is 0 Å². The van der Waals surface area contributed by atoms with E-state index in [9.17, 15) is 4.79 Å². The quantitative estimate of drug-likeness (QED) is 0.726. The van der Waals surface area contributed by atoms with Crippen LogP contribution in [0.2, 0.25) is 5.28 Å². The van der Waals surface area contributed by atoms with Gasteiger partial charge in [0.15, 0.2) is 0 Å². The molecule has 0 spiro atoms. The molecule has 7 heteroatoms. The summed E-state index contributed by atoms with van der Waals surface area (Å²) < 4.78 is 5.40. The number of fused-ring (bicyclic) bond motifs is 1. The molecule has 0 aromatic carbocycles. The van der Waals surface area contributed by atoms with Crippen LogP contribution in [0.15, 0.2) is 6.20 Å². The second-order valence-electron chi connectivity index (χ2n) is 5.21. The second-order valence-corrected chi connectivity index (χ2v) is 5.55. The lowest BCUT2D eigenvalue weighted by Gasteiger charge is -2.34. The number of ether oxygens (including phenoxy) is 1. The van der Waals surface area contributed by atoms with Crippen molar-refractivity contribution >= 4 is 23.3 Å². The highest BCUT2D eigenvalue weighted by molar-refractivity contribution is 6.28. The molecule has 0 saturated carbocycles. The van der Waals surface area contributed by atoms with Gasteiger partial charge in [-0.15, -0.1) is 0 Å². The maximum atomic E-state index is 12.2. The van der Waals surface area contributed by atoms with Gasteiger partial charge in [0.25, 0.3) is 0 Å². The molecule has 1 saturated heterocycles. The van der Waals surface area contributed by atoms with E-state index in [0.717, 1.165) is 37.4 Å². The van der Waals surface area contributed by atoms with Gasteiger partial charge in [-0.25, -0.2) is 9.97 Å². The van der Waals surface area contributed by atoms with Crippen LogP contribution in [0, 0.1) is 0 Å². The first kappa shape index (κ1) is 13.6. The van der Waals surface area contributed by atoms with Gasteiger partial charge in [0.1, 0.15) is 5.82 Å². The maximum absolute atomic E-state index is 12.2. The van der Waals surface area contributed by atoms with Crippen molar-refractivity contribution in [3.63, 3.8) is 0 Å². The summed E-state index contributed by atoms with van der Waals surface area (Å²) in [6.45, 7) is 2.30. The first-order chi connectivity index (χ1) is 9.65. The van der Waals surface area contributed by atoms with Crippen LogP contribution in [0.1, 0.15) is 18.4 Å². The first-order valence-corrected chi connectivity index (χ1v) is 7.12. The molecule has 6 nitrogen and oxygen atoms in total. The molecule has 3 heterocycles. The summed E-state index contributed by atoms with van der Waals surface area (Å²) in [5.41, 5.74) is 0.939. The van der Waals surface area contributed by atoms with Crippen molar-refractivity contribution < 1.29 is 9.53 Å². The predicted octanol–water partition coefficient (Wildman–Crippen LogP) is 1.09. The number of aromatic nitrogens is 2. The summed E-state index contributed by atoms with van der Waals surface area (Å²) in [6, 6.07) is 0.268. The average molecular weight is 297 g/mol. The number of anilines is 1. The molecule has 1 amide bonds. The van der Waals surface area contributed by atoms with Crippen LogP contribution in [0.4, 0.5) is 5.82 Å². The topological polar surface area (TPSA) is 58.6 Å². The molecule has 2 aliphatic heterocycles. The Hall–Kier alpha value is -1.40. The molecule has 0 unspecified atom stereocenters. The lowest BCUT2D eigenvalue weighted by Crippen LogP contribution is -2.44. The van der Waals surface area contributed by atoms with Gasteiger partial charge in [0, 0.05) is 38.1 Å². The Labute approximate surface area is 122 Å². The molecule has 108 valence electrons. The van der Waals surface area contributed by atoms with Gasteiger partial charge < -0.3 is 14.5 Å². The van der Waals surface area contributed by atoms with Gasteiger partial charge in [-0.2, -0.15) is 0 Å². The fourth-order valence-corrected chi connectivity index (χ4v) is 2.85. The van der Waals surface area contributed by atoms with Gasteiger partial charge in [-0.1, -0.05) is 0 Å². The van der Waals surface area contributed by atoms with Crippen molar-refractivity contribution in [2.24, 2.45) is 0 Å². The Kier molecular flexibility index (Phi) is 3.76. The molecular weight excluding hydrogens is 280 g/mol. The van der Waals surface area contributed by atoms with E-state index in [2.05, 4.69) is 14.9 Å². The molecule has 1 aromatic rings. The Balaban J connectivity index is 1.98. The Bertz CT molecular complexity index is 519. The number of likely N-dealkylation sites (N-methyl/N-ethyl adjacent to an activating group) is 1. The number of nitrogens with zero attached hydrogens (tertiary/aromatic N) is 4. The number of hydrogen-bond acceptors (Lipinski definition) is 5. The Morgan fingerprint density at radius 2 is 2.10 bits per heavy atom. The molecule has 0 radical (unpaired) electrons. The molecule has 1 fully saturated rings. The van der Waals surface area contributed by atoms with Crippen LogP contribution < -0.4 is 4.90 Å². The van der Waals surface area contributed by atoms with Gasteiger partial charge in [-0.05, 0) is 24.4 Å². The van der Waals surface area contributed by atoms with Crippen LogP contribution >= 0.6 is 11.6 Å². The molecule has 0 bridgehead atoms. The smallest absolute Gasteiger partial charge is 0.242 e. The fourth-order valence-electron chi connectivity index (χ4n) is 2.72. The monoisotopic (exact) mass is 296 g/mol. The lowest BCUT2D eigenvalue weighted by atomic mass is 10.1. The predicted molar refractivity (Wildman–Crippen MR) is 74.7 cm³/mol. The van der Waals surface area contributed by atoms with Crippen LogP contribution in [-0.4, -0.2) is 53.6 Å². The number of carbonyl (C=O) groups excluding carboxylic acids is 1. The zero-order valence-corrected chi connectivity index (χ0v) is 12.1. The van der Waals surface area contributed by atoms with Gasteiger partial charge in [0.05, 0.1) is 13.1 Å². The van der Waals surface area contributed by atoms with E-state index in [0.29, 0.717) is 13.1 Å². The normalized spacial score (nSPS) is 20.8. The molecule has 0 N–H and O–H groups in total. The molecule has 3 rings (SSSR count). The summed E-state index contributed by atoms with van der Waals surface area (Å²) >= 11 is 5.93. The van der Waals surface area contributed by atoms with Crippen molar-refractivity contribution in [2.75, 3.05) is 31.7 Å². The summed E-state index contributed by atoms with van der Waals surface area (Å²) in [5.74, 6) is 0.875. The maximum Gasteiger partial charge on any atom is 0.242 e. The summed E-state index contributed by atoms with van der Waals surface area (Å²) in [7, 11) is 1.80. The number of hydrogen-bond donors (Lipinski definition) is 0. The van der Waals surface area contributed by atoms with Gasteiger partial charge >= 0.3 is 0 Å². The third kappa shape index (κ3) is 2.58. The first-order valence-electron chi connectivity index (χ1n) is 6.75. The van der Waals surface area contributed by atoms with Crippen molar-refractivity contribution in [1.29, 1.82) is 0 Å². The molecule has 0 aliphatic carbocycles. The van der Waals surface area contributed by atoms with Crippen molar-refractivity contribution in [3.8, 4) is 0 Å². The largest absolute Gasteiger partial charge is 0.381 e. The van der Waals surface area contributed by atoms with E-state index < -0.39 is 0 Å². The highest BCUT2D eigenvalue weighted by Gasteiger charge is 2.31. The van der Waals surface area contributed by atoms with Crippen LogP contribution in [-0.2, 0) is 16.1 Å². The van der Waals surface area contributed by atoms with Crippen LogP contribution in [0.3, 0.4) is 0 Å². The molecule has 0 atom stereocenters. The van der Waals surface area contributed by atoms with Crippen molar-refractivity contribution in [2.45, 2.75) is 25.4 Å². The third-order valence-electron chi connectivity index (χ3n) is 3.85. The third-order valence-corrected chi connectivity index (χ3v) is 4.04. The Morgan fingerprint density at radius 1 is 1.35 bits per heavy atom. The highest BCUT2D eigenvalue weighted by Crippen LogP contribution is 2.28. The van der Waals surface area contributed by atoms with Gasteiger partial charge in [-0.3, -0.25) is 4.79 Å². The summed E-state index contributed by atoms with van der Waals surface area (Å²) in [4.78, 5) is 24.4. The average Bonchev–Trinajstić information content (AvgIpc) is 2.58. The number of rotatable bonds is 1. The minimum absolute atomic E-state index is 0.0885. The van der Waals surface area contributed by atoms with E-state index in [4.69, 9.17) is 16.3 Å². The molecular formula is C13H17ClN4O2. The zero-order chi connectivity index (χ0) is 14.1. The lowest BCUT2D eigenvalue weighted by molar-refractivity contribution is -0.128. The number of carbonyl (C=O) groups is 1. The molecule has 20 heavy (non-hydrogen) atoms. The minimum atomic E-state index is 0.0885. The molecule has 2 aliphatic rings. The van der Waals surface area contributed by atoms with E-state index in [-0.39, 0.29) is 17.2 Å². The Morgan fingerprint density at radius 3 is 2.85 bits per heavy atom.